The molecule has 0 bridgehead atoms. The van der Waals surface area contributed by atoms with Crippen LogP contribution in [0.1, 0.15) is 104 Å². The lowest BCUT2D eigenvalue weighted by Gasteiger charge is -2.41. The largest absolute Gasteiger partial charge is 0.468 e. The summed E-state index contributed by atoms with van der Waals surface area (Å²) in [5.41, 5.74) is 8.37. The molecule has 4 aromatic carbocycles. The number of benzene rings is 4. The molecule has 2 amide bonds. The molecule has 2 aliphatic heterocycles. The van der Waals surface area contributed by atoms with Crippen LogP contribution >= 0.6 is 0 Å². The van der Waals surface area contributed by atoms with Crippen LogP contribution in [0.5, 0.6) is 0 Å². The lowest BCUT2D eigenvalue weighted by Crippen LogP contribution is -2.53. The summed E-state index contributed by atoms with van der Waals surface area (Å²) in [6.07, 6.45) is 8.20. The molecule has 0 unspecified atom stereocenters. The van der Waals surface area contributed by atoms with Gasteiger partial charge in [0, 0.05) is 84.3 Å². The first-order chi connectivity index (χ1) is 40.8. The highest BCUT2D eigenvalue weighted by atomic mass is 32.2. The van der Waals surface area contributed by atoms with E-state index in [1.807, 2.05) is 40.6 Å². The molecule has 4 fully saturated rings. The van der Waals surface area contributed by atoms with Crippen LogP contribution in [0.15, 0.2) is 107 Å². The number of rotatable bonds is 18. The van der Waals surface area contributed by atoms with Crippen molar-refractivity contribution in [2.24, 2.45) is 37.8 Å². The van der Waals surface area contributed by atoms with Gasteiger partial charge in [-0.15, -0.1) is 0 Å². The zero-order chi connectivity index (χ0) is 61.0. The normalized spacial score (nSPS) is 21.2. The Kier molecular flexibility index (Phi) is 22.2. The third-order valence-corrected chi connectivity index (χ3v) is 20.6. The van der Waals surface area contributed by atoms with Crippen LogP contribution in [-0.2, 0) is 85.2 Å². The van der Waals surface area contributed by atoms with Crippen molar-refractivity contribution in [3.8, 4) is 22.5 Å². The Morgan fingerprint density at radius 1 is 0.612 bits per heavy atom. The summed E-state index contributed by atoms with van der Waals surface area (Å²) in [5, 5.41) is 1.97. The van der Waals surface area contributed by atoms with Crippen molar-refractivity contribution in [1.82, 2.24) is 28.4 Å². The summed E-state index contributed by atoms with van der Waals surface area (Å²) in [7, 11) is -3.49. The van der Waals surface area contributed by atoms with Crippen molar-refractivity contribution in [3.63, 3.8) is 0 Å². The molecule has 458 valence electrons. The van der Waals surface area contributed by atoms with Crippen molar-refractivity contribution < 1.29 is 55.0 Å². The molecule has 2 saturated heterocycles. The third kappa shape index (κ3) is 15.7. The van der Waals surface area contributed by atoms with Gasteiger partial charge in [-0.3, -0.25) is 14.4 Å². The quantitative estimate of drug-likeness (QED) is 0.0607. The van der Waals surface area contributed by atoms with Crippen LogP contribution < -0.4 is 9.44 Å². The molecule has 2 aromatic heterocycles. The zero-order valence-corrected chi connectivity index (χ0v) is 51.8. The van der Waals surface area contributed by atoms with E-state index in [9.17, 15) is 31.2 Å². The molecular formula is C65H84N6O12S2. The number of nitrogens with zero attached hydrogens (tertiary/aromatic N) is 4. The summed E-state index contributed by atoms with van der Waals surface area (Å²) < 4.78 is 79.6. The molecule has 20 heteroatoms. The van der Waals surface area contributed by atoms with Crippen LogP contribution in [0.4, 0.5) is 0 Å². The second kappa shape index (κ2) is 29.3. The fraction of sp³-hybridized carbons (Fsp3) is 0.508. The maximum Gasteiger partial charge on any atom is 0.373 e. The molecule has 18 nitrogen and oxygen atoms in total. The Labute approximate surface area is 501 Å². The third-order valence-electron chi connectivity index (χ3n) is 17.6. The first-order valence-electron chi connectivity index (χ1n) is 30.0. The summed E-state index contributed by atoms with van der Waals surface area (Å²) in [5.74, 6) is 0.951. The summed E-state index contributed by atoms with van der Waals surface area (Å²) in [6.45, 7) is 15.1. The summed E-state index contributed by atoms with van der Waals surface area (Å²) in [6, 6.07) is 31.4. The Morgan fingerprint density at radius 3 is 1.39 bits per heavy atom. The predicted molar refractivity (Wildman–Crippen MR) is 326 cm³/mol. The number of aromatic nitrogens is 2. The van der Waals surface area contributed by atoms with Crippen LogP contribution in [0.25, 0.3) is 44.3 Å². The van der Waals surface area contributed by atoms with Crippen LogP contribution in [0, 0.1) is 23.7 Å². The highest BCUT2D eigenvalue weighted by Crippen LogP contribution is 2.35. The minimum Gasteiger partial charge on any atom is -0.468 e. The first-order valence-corrected chi connectivity index (χ1v) is 33.0. The minimum atomic E-state index is -3.73. The molecule has 10 rings (SSSR count). The minimum absolute atomic E-state index is 0.0466. The Bertz CT molecular complexity index is 3500. The second-order valence-electron chi connectivity index (χ2n) is 23.7. The molecule has 2 N–H and O–H groups in total. The average molecular weight is 1210 g/mol. The average Bonchev–Trinajstić information content (AvgIpc) is 2.49. The zero-order valence-electron chi connectivity index (χ0n) is 50.2. The first kappa shape index (κ1) is 64.5. The SMILES string of the molecule is CC(C)[C@H]1COCCN1C(=O)C1CCC(NS(=O)(=O)c2ccc3cc(-c4ccc(CCCOC=O)cc4)n(C)c3c2)CC1.CCc1ccc(-c2cc3ccc(S(=O)(=O)NC4CCC(C(=O)N5CCOC[C@@H]5C(C)C)CC4)cc3n2C)cc1.O=C=O. The van der Waals surface area contributed by atoms with E-state index in [2.05, 4.69) is 109 Å². The van der Waals surface area contributed by atoms with Gasteiger partial charge in [0.25, 0.3) is 6.47 Å². The monoisotopic (exact) mass is 1200 g/mol. The number of ether oxygens (including phenoxy) is 3. The van der Waals surface area contributed by atoms with E-state index in [0.717, 1.165) is 69.1 Å². The van der Waals surface area contributed by atoms with Gasteiger partial charge in [0.1, 0.15) is 0 Å². The molecule has 4 aliphatic rings. The highest BCUT2D eigenvalue weighted by molar-refractivity contribution is 7.89. The second-order valence-corrected chi connectivity index (χ2v) is 27.1. The number of nitrogens with one attached hydrogen (secondary N) is 2. The summed E-state index contributed by atoms with van der Waals surface area (Å²) in [4.78, 5) is 57.7. The number of sulfonamides is 2. The van der Waals surface area contributed by atoms with Crippen molar-refractivity contribution in [3.05, 3.63) is 108 Å². The Hall–Kier alpha value is -6.51. The molecular weight excluding hydrogens is 1120 g/mol. The van der Waals surface area contributed by atoms with Gasteiger partial charge in [-0.1, -0.05) is 95.3 Å². The number of carbonyl (C=O) groups excluding carboxylic acids is 5. The molecule has 6 aromatic rings. The maximum absolute atomic E-state index is 13.4. The van der Waals surface area contributed by atoms with E-state index in [0.29, 0.717) is 116 Å². The number of carbonyl (C=O) groups is 3. The van der Waals surface area contributed by atoms with Gasteiger partial charge in [0.15, 0.2) is 0 Å². The van der Waals surface area contributed by atoms with Crippen molar-refractivity contribution >= 4 is 66.3 Å². The van der Waals surface area contributed by atoms with E-state index in [-0.39, 0.29) is 63.8 Å². The fourth-order valence-electron chi connectivity index (χ4n) is 12.5. The van der Waals surface area contributed by atoms with Crippen molar-refractivity contribution in [1.29, 1.82) is 0 Å². The van der Waals surface area contributed by atoms with Gasteiger partial charge >= 0.3 is 6.15 Å². The number of amides is 2. The number of fused-ring (bicyclic) bond motifs is 2. The molecule has 85 heavy (non-hydrogen) atoms. The van der Waals surface area contributed by atoms with Gasteiger partial charge in [-0.25, -0.2) is 26.3 Å². The number of hydrogen-bond donors (Lipinski definition) is 2. The van der Waals surface area contributed by atoms with E-state index in [1.54, 1.807) is 24.3 Å². The van der Waals surface area contributed by atoms with Gasteiger partial charge < -0.3 is 33.1 Å². The molecule has 2 saturated carbocycles. The Balaban J connectivity index is 0.000000212. The molecule has 2 aliphatic carbocycles. The molecule has 0 spiro atoms. The number of hydrogen-bond acceptors (Lipinski definition) is 12. The van der Waals surface area contributed by atoms with Gasteiger partial charge in [0.2, 0.25) is 31.9 Å². The van der Waals surface area contributed by atoms with Crippen molar-refractivity contribution in [2.75, 3.05) is 46.1 Å². The van der Waals surface area contributed by atoms with Crippen LogP contribution in [-0.4, -0.2) is 130 Å². The Morgan fingerprint density at radius 2 is 1.01 bits per heavy atom. The van der Waals surface area contributed by atoms with E-state index in [1.165, 1.54) is 5.56 Å². The maximum atomic E-state index is 13.4. The summed E-state index contributed by atoms with van der Waals surface area (Å²) >= 11 is 0. The lowest BCUT2D eigenvalue weighted by molar-refractivity contribution is -0.191. The highest BCUT2D eigenvalue weighted by Gasteiger charge is 2.38. The fourth-order valence-corrected chi connectivity index (χ4v) is 15.2. The van der Waals surface area contributed by atoms with E-state index < -0.39 is 20.0 Å². The van der Waals surface area contributed by atoms with E-state index in [4.69, 9.17) is 23.8 Å². The lowest BCUT2D eigenvalue weighted by atomic mass is 9.85. The van der Waals surface area contributed by atoms with Gasteiger partial charge in [-0.05, 0) is 141 Å². The smallest absolute Gasteiger partial charge is 0.373 e. The standard InChI is InChI=1S/C33H43N3O6S.C31H41N3O4S.CO2/c1-23(2)32-21-41-18-16-36(32)33(38)26-10-13-28(14-11-26)34-43(39,40)29-15-12-27-19-30(35(3)31(27)20-29)25-8-6-24(7-9-25)5-4-17-42-22-37;1-5-22-6-8-23(9-7-22)28-18-25-12-15-27(19-29(25)33(28)4)39(36,37)32-26-13-10-24(11-14-26)31(35)34-16-17-38-20-30(34)21(2)3;2-1-3/h6-9,12,15,19-20,22-23,26,28,32,34H,4-5,10-11,13-14,16-18,21H2,1-3H3;6-9,12,15,18-19,21,24,26,30,32H,5,10-11,13-14,16-17,20H2,1-4H3;/t26?,28?,32-;24?,26?,30-;/m11./s1. The van der Waals surface area contributed by atoms with Crippen LogP contribution in [0.2, 0.25) is 0 Å². The number of aryl methyl sites for hydroxylation is 4. The van der Waals surface area contributed by atoms with Gasteiger partial charge in [0.05, 0.1) is 54.9 Å². The van der Waals surface area contributed by atoms with E-state index >= 15 is 0 Å². The van der Waals surface area contributed by atoms with Crippen molar-refractivity contribution in [2.45, 2.75) is 139 Å². The predicted octanol–water partition coefficient (Wildman–Crippen LogP) is 9.22. The van der Waals surface area contributed by atoms with Crippen LogP contribution in [0.3, 0.4) is 0 Å². The number of morpholine rings is 2. The van der Waals surface area contributed by atoms with Gasteiger partial charge in [-0.2, -0.15) is 9.59 Å². The molecule has 4 heterocycles. The molecule has 0 radical (unpaired) electrons. The molecule has 2 atom stereocenters. The topological polar surface area (TPSA) is 222 Å².